The summed E-state index contributed by atoms with van der Waals surface area (Å²) in [6.45, 7) is 6.17. The Morgan fingerprint density at radius 1 is 1.13 bits per heavy atom. The van der Waals surface area contributed by atoms with Crippen molar-refractivity contribution in [2.45, 2.75) is 26.7 Å². The Bertz CT molecular complexity index is 1080. The SMILES string of the molecule is CC(C)C1=C(c2ccc(CC(=O)c3c(F)cccc3F)cc2)CN(c2nccs2)CC1. The minimum Gasteiger partial charge on any atom is -0.343 e. The highest BCUT2D eigenvalue weighted by Gasteiger charge is 2.23. The number of carbonyl (C=O) groups excluding carboxylic acids is 1. The lowest BCUT2D eigenvalue weighted by Gasteiger charge is -2.32. The Kier molecular flexibility index (Phi) is 6.28. The molecule has 0 N–H and O–H groups in total. The molecule has 3 aromatic rings. The quantitative estimate of drug-likeness (QED) is 0.432. The van der Waals surface area contributed by atoms with Crippen LogP contribution in [0.15, 0.2) is 59.6 Å². The zero-order chi connectivity index (χ0) is 22.0. The molecule has 6 heteroatoms. The summed E-state index contributed by atoms with van der Waals surface area (Å²) >= 11 is 1.64. The minimum absolute atomic E-state index is 0.0422. The molecular weight excluding hydrogens is 414 g/mol. The van der Waals surface area contributed by atoms with E-state index in [-0.39, 0.29) is 6.42 Å². The first-order valence-electron chi connectivity index (χ1n) is 10.4. The third kappa shape index (κ3) is 4.59. The van der Waals surface area contributed by atoms with E-state index >= 15 is 0 Å². The molecule has 3 nitrogen and oxygen atoms in total. The summed E-state index contributed by atoms with van der Waals surface area (Å²) < 4.78 is 27.8. The van der Waals surface area contributed by atoms with E-state index in [9.17, 15) is 13.6 Å². The maximum atomic E-state index is 13.9. The average molecular weight is 439 g/mol. The van der Waals surface area contributed by atoms with Crippen LogP contribution in [0.4, 0.5) is 13.9 Å². The molecule has 160 valence electrons. The van der Waals surface area contributed by atoms with Gasteiger partial charge in [-0.1, -0.05) is 49.8 Å². The molecule has 1 aliphatic rings. The summed E-state index contributed by atoms with van der Waals surface area (Å²) in [6, 6.07) is 11.2. The van der Waals surface area contributed by atoms with E-state index in [4.69, 9.17) is 0 Å². The number of aromatic nitrogens is 1. The van der Waals surface area contributed by atoms with Crippen molar-refractivity contribution in [1.82, 2.24) is 4.98 Å². The van der Waals surface area contributed by atoms with E-state index in [0.29, 0.717) is 5.92 Å². The molecule has 1 aliphatic heterocycles. The number of rotatable bonds is 6. The number of ketones is 1. The standard InChI is InChI=1S/C25H24F2N2OS/c1-16(2)19-10-12-29(25-28-11-13-31-25)15-20(19)18-8-6-17(7-9-18)14-23(30)24-21(26)4-3-5-22(24)27/h3-9,11,13,16H,10,12,14-15H2,1-2H3. The number of hydrogen-bond donors (Lipinski definition) is 0. The van der Waals surface area contributed by atoms with Gasteiger partial charge in [0.15, 0.2) is 10.9 Å². The predicted molar refractivity (Wildman–Crippen MR) is 122 cm³/mol. The van der Waals surface area contributed by atoms with Gasteiger partial charge in [0.05, 0.1) is 5.56 Å². The number of anilines is 1. The van der Waals surface area contributed by atoms with Gasteiger partial charge in [0.25, 0.3) is 0 Å². The second-order valence-corrected chi connectivity index (χ2v) is 8.91. The molecule has 0 spiro atoms. The van der Waals surface area contributed by atoms with Gasteiger partial charge in [-0.2, -0.15) is 0 Å². The van der Waals surface area contributed by atoms with Crippen LogP contribution >= 0.6 is 11.3 Å². The smallest absolute Gasteiger partial charge is 0.185 e. The average Bonchev–Trinajstić information content (AvgIpc) is 3.29. The molecule has 0 saturated carbocycles. The van der Waals surface area contributed by atoms with E-state index in [2.05, 4.69) is 23.7 Å². The summed E-state index contributed by atoms with van der Waals surface area (Å²) in [5.41, 5.74) is 4.09. The summed E-state index contributed by atoms with van der Waals surface area (Å²) in [7, 11) is 0. The Morgan fingerprint density at radius 2 is 1.84 bits per heavy atom. The summed E-state index contributed by atoms with van der Waals surface area (Å²) in [4.78, 5) is 19.2. The monoisotopic (exact) mass is 438 g/mol. The molecule has 2 aromatic carbocycles. The predicted octanol–water partition coefficient (Wildman–Crippen LogP) is 6.17. The van der Waals surface area contributed by atoms with Crippen molar-refractivity contribution in [2.75, 3.05) is 18.0 Å². The molecule has 4 rings (SSSR count). The lowest BCUT2D eigenvalue weighted by molar-refractivity contribution is 0.0985. The zero-order valence-electron chi connectivity index (χ0n) is 17.6. The van der Waals surface area contributed by atoms with Gasteiger partial charge in [0, 0.05) is 31.1 Å². The number of benzene rings is 2. The molecule has 0 aliphatic carbocycles. The van der Waals surface area contributed by atoms with Crippen LogP contribution in [0.3, 0.4) is 0 Å². The van der Waals surface area contributed by atoms with Crippen LogP contribution in [-0.2, 0) is 6.42 Å². The van der Waals surface area contributed by atoms with Crippen LogP contribution < -0.4 is 4.90 Å². The molecular formula is C25H24F2N2OS. The second kappa shape index (κ2) is 9.10. The zero-order valence-corrected chi connectivity index (χ0v) is 18.4. The number of thiazole rings is 1. The fraction of sp³-hybridized carbons (Fsp3) is 0.280. The fourth-order valence-corrected chi connectivity index (χ4v) is 4.76. The molecule has 0 saturated heterocycles. The summed E-state index contributed by atoms with van der Waals surface area (Å²) in [6.07, 6.45) is 2.77. The van der Waals surface area contributed by atoms with Crippen LogP contribution in [0.5, 0.6) is 0 Å². The van der Waals surface area contributed by atoms with Gasteiger partial charge in [0.1, 0.15) is 11.6 Å². The molecule has 0 bridgehead atoms. The highest BCUT2D eigenvalue weighted by atomic mass is 32.1. The molecule has 0 radical (unpaired) electrons. The Balaban J connectivity index is 1.56. The fourth-order valence-electron chi connectivity index (χ4n) is 4.09. The van der Waals surface area contributed by atoms with Gasteiger partial charge in [0.2, 0.25) is 0 Å². The molecule has 0 fully saturated rings. The Labute approximate surface area is 185 Å². The number of carbonyl (C=O) groups is 1. The third-order valence-electron chi connectivity index (χ3n) is 5.68. The number of halogens is 2. The number of hydrogen-bond acceptors (Lipinski definition) is 4. The van der Waals surface area contributed by atoms with Gasteiger partial charge in [-0.15, -0.1) is 11.3 Å². The van der Waals surface area contributed by atoms with Gasteiger partial charge in [-0.25, -0.2) is 13.8 Å². The van der Waals surface area contributed by atoms with Crippen LogP contribution in [-0.4, -0.2) is 23.9 Å². The van der Waals surface area contributed by atoms with Crippen LogP contribution in [0.2, 0.25) is 0 Å². The van der Waals surface area contributed by atoms with Gasteiger partial charge < -0.3 is 4.90 Å². The Morgan fingerprint density at radius 3 is 2.45 bits per heavy atom. The van der Waals surface area contributed by atoms with Crippen molar-refractivity contribution < 1.29 is 13.6 Å². The van der Waals surface area contributed by atoms with Gasteiger partial charge in [-0.05, 0) is 41.2 Å². The lowest BCUT2D eigenvalue weighted by atomic mass is 9.87. The van der Waals surface area contributed by atoms with E-state index in [1.165, 1.54) is 17.2 Å². The van der Waals surface area contributed by atoms with Crippen molar-refractivity contribution in [2.24, 2.45) is 5.92 Å². The first-order chi connectivity index (χ1) is 14.9. The van der Waals surface area contributed by atoms with E-state index in [0.717, 1.165) is 47.9 Å². The first kappa shape index (κ1) is 21.4. The van der Waals surface area contributed by atoms with E-state index in [1.54, 1.807) is 11.3 Å². The maximum absolute atomic E-state index is 13.9. The molecule has 1 aromatic heterocycles. The topological polar surface area (TPSA) is 33.2 Å². The van der Waals surface area contributed by atoms with Crippen molar-refractivity contribution in [3.8, 4) is 0 Å². The van der Waals surface area contributed by atoms with Gasteiger partial charge in [-0.3, -0.25) is 4.79 Å². The normalized spacial score (nSPS) is 14.4. The highest BCUT2D eigenvalue weighted by molar-refractivity contribution is 7.13. The van der Waals surface area contributed by atoms with Crippen LogP contribution in [0.25, 0.3) is 5.57 Å². The first-order valence-corrected chi connectivity index (χ1v) is 11.2. The van der Waals surface area contributed by atoms with Crippen LogP contribution in [0.1, 0.15) is 41.8 Å². The Hall–Kier alpha value is -2.86. The van der Waals surface area contributed by atoms with Crippen molar-refractivity contribution in [3.05, 3.63) is 87.9 Å². The summed E-state index contributed by atoms with van der Waals surface area (Å²) in [5.74, 6) is -1.76. The second-order valence-electron chi connectivity index (χ2n) is 8.04. The molecule has 2 heterocycles. The van der Waals surface area contributed by atoms with Gasteiger partial charge >= 0.3 is 0 Å². The molecule has 31 heavy (non-hydrogen) atoms. The minimum atomic E-state index is -0.821. The molecule has 0 amide bonds. The highest BCUT2D eigenvalue weighted by Crippen LogP contribution is 2.34. The summed E-state index contributed by atoms with van der Waals surface area (Å²) in [5, 5.41) is 3.01. The molecule has 0 unspecified atom stereocenters. The molecule has 0 atom stereocenters. The van der Waals surface area contributed by atoms with Crippen molar-refractivity contribution in [3.63, 3.8) is 0 Å². The maximum Gasteiger partial charge on any atom is 0.185 e. The van der Waals surface area contributed by atoms with E-state index in [1.807, 2.05) is 35.8 Å². The van der Waals surface area contributed by atoms with Crippen molar-refractivity contribution >= 4 is 27.8 Å². The third-order valence-corrected chi connectivity index (χ3v) is 6.52. The van der Waals surface area contributed by atoms with E-state index < -0.39 is 23.0 Å². The number of Topliss-reactive ketones (excluding diaryl/α,β-unsaturated/α-hetero) is 1. The number of nitrogens with zero attached hydrogens (tertiary/aromatic N) is 2. The largest absolute Gasteiger partial charge is 0.343 e. The van der Waals surface area contributed by atoms with Crippen molar-refractivity contribution in [1.29, 1.82) is 0 Å². The lowest BCUT2D eigenvalue weighted by Crippen LogP contribution is -2.32. The van der Waals surface area contributed by atoms with Crippen LogP contribution in [0, 0.1) is 17.6 Å².